The highest BCUT2D eigenvalue weighted by Gasteiger charge is 2.53. The molecule has 0 unspecified atom stereocenters. The van der Waals surface area contributed by atoms with Crippen molar-refractivity contribution in [2.45, 2.75) is 364 Å². The highest BCUT2D eigenvalue weighted by atomic mass is 35.5. The molecule has 8 aliphatic rings. The number of carbonyl (C=O) groups is 7. The Morgan fingerprint density at radius 3 is 1.05 bits per heavy atom. The number of nitrogens with two attached hydrogens (primary N) is 1. The predicted molar refractivity (Wildman–Crippen MR) is 598 cm³/mol. The van der Waals surface area contributed by atoms with E-state index in [9.17, 15) is 43.2 Å². The lowest BCUT2D eigenvalue weighted by molar-refractivity contribution is -0.141. The van der Waals surface area contributed by atoms with Crippen molar-refractivity contribution in [2.75, 3.05) is 72.0 Å². The third kappa shape index (κ3) is 36.8. The summed E-state index contributed by atoms with van der Waals surface area (Å²) in [5.74, 6) is 1.42. The van der Waals surface area contributed by atoms with Crippen LogP contribution < -0.4 is 48.5 Å². The number of hydrogen-bond donors (Lipinski definition) is 8. The summed E-state index contributed by atoms with van der Waals surface area (Å²) in [5, 5.41) is 31.4. The fourth-order valence-electron chi connectivity index (χ4n) is 23.5. The molecule has 23 nitrogen and oxygen atoms in total. The van der Waals surface area contributed by atoms with Gasteiger partial charge in [-0.2, -0.15) is 0 Å². The van der Waals surface area contributed by atoms with E-state index in [1.54, 1.807) is 48.5 Å². The van der Waals surface area contributed by atoms with Crippen LogP contribution >= 0.6 is 47.2 Å². The van der Waals surface area contributed by atoms with Gasteiger partial charge in [0.2, 0.25) is 29.4 Å². The van der Waals surface area contributed by atoms with Crippen LogP contribution in [0, 0.1) is 51.2 Å². The Morgan fingerprint density at radius 2 is 0.719 bits per heavy atom. The number of carbonyl (C=O) groups excluding carboxylic acids is 6. The molecule has 146 heavy (non-hydrogen) atoms. The van der Waals surface area contributed by atoms with Gasteiger partial charge in [-0.1, -0.05) is 187 Å². The SMILES string of the molecule is C.C.CC(C)(C)NC(=O)C1(C2CCCCC2)CCN(C[C@@H](CC(=O)c2cc(=O)c3ccccc3o2)Cc2ccc(Cl)cc2)CC1.CC(C)(C)NC(=O)C1(C2CCCCC2)CCN(C[C@@H](N)Cc2ccc(Cl)cc2)CC1.CC(C)(C)NC(=O)C1(C2CCCCC2)CCN(C[C@H](Cc2ccc(Cl)cc2)NC(=O)OC(C)(C)C)CC1.CC(C)(C)NC(=O)C1(C2CCCCC2)CCNCC1.Cl.O=C(O)c1cc(=O)c2ccccc2o1. The van der Waals surface area contributed by atoms with E-state index in [0.717, 1.165) is 171 Å². The van der Waals surface area contributed by atoms with E-state index in [4.69, 9.17) is 59.2 Å². The number of nitrogens with zero attached hydrogens (tertiary/aromatic N) is 3. The second-order valence-electron chi connectivity index (χ2n) is 47.8. The van der Waals surface area contributed by atoms with Crippen LogP contribution in [0.15, 0.2) is 152 Å². The lowest BCUT2D eigenvalue weighted by atomic mass is 9.63. The van der Waals surface area contributed by atoms with E-state index in [1.807, 2.05) is 81.4 Å². The minimum Gasteiger partial charge on any atom is -0.475 e. The molecule has 5 amide bonds. The van der Waals surface area contributed by atoms with Gasteiger partial charge in [-0.15, -0.1) is 12.4 Å². The van der Waals surface area contributed by atoms with Crippen LogP contribution in [0.4, 0.5) is 4.79 Å². The highest BCUT2D eigenvalue weighted by Crippen LogP contribution is 2.51. The minimum absolute atomic E-state index is 0. The summed E-state index contributed by atoms with van der Waals surface area (Å²) in [6.07, 6.45) is 34.1. The van der Waals surface area contributed by atoms with Crippen LogP contribution in [0.25, 0.3) is 21.9 Å². The second-order valence-corrected chi connectivity index (χ2v) is 49.1. The maximum Gasteiger partial charge on any atom is 0.407 e. The maximum absolute atomic E-state index is 13.8. The van der Waals surface area contributed by atoms with Crippen molar-refractivity contribution in [3.63, 3.8) is 0 Å². The number of amides is 5. The first kappa shape index (κ1) is 123. The number of benzene rings is 5. The van der Waals surface area contributed by atoms with Crippen molar-refractivity contribution in [2.24, 2.45) is 57.0 Å². The number of nitrogens with one attached hydrogen (secondary N) is 6. The smallest absolute Gasteiger partial charge is 0.407 e. The Kier molecular flexibility index (Phi) is 46.9. The van der Waals surface area contributed by atoms with Crippen molar-refractivity contribution in [3.05, 3.63) is 197 Å². The number of likely N-dealkylation sites (tertiary alicyclic amines) is 3. The van der Waals surface area contributed by atoms with Crippen LogP contribution in [-0.2, 0) is 43.2 Å². The number of ether oxygens (including phenoxy) is 1. The number of aromatic carboxylic acids is 1. The molecule has 4 saturated heterocycles. The predicted octanol–water partition coefficient (Wildman–Crippen LogP) is 24.6. The molecular weight excluding hydrogens is 1920 g/mol. The Hall–Kier alpha value is -8.23. The van der Waals surface area contributed by atoms with Crippen molar-refractivity contribution in [1.29, 1.82) is 0 Å². The van der Waals surface area contributed by atoms with Gasteiger partial charge in [0.25, 0.3) is 0 Å². The molecule has 0 radical (unpaired) electrons. The van der Waals surface area contributed by atoms with Gasteiger partial charge in [0, 0.05) is 87.5 Å². The molecule has 4 aliphatic heterocycles. The molecule has 3 atom stereocenters. The molecule has 5 aromatic carbocycles. The Balaban J connectivity index is 0.000000231. The van der Waals surface area contributed by atoms with Crippen LogP contribution in [0.3, 0.4) is 0 Å². The quantitative estimate of drug-likeness (QED) is 0.0247. The Morgan fingerprint density at radius 1 is 0.418 bits per heavy atom. The number of carboxylic acids is 1. The number of alkyl carbamates (subject to hydrolysis) is 1. The fraction of sp³-hybridized carbons (Fsp3) is 0.639. The molecule has 15 rings (SSSR count). The molecule has 6 heterocycles. The third-order valence-electron chi connectivity index (χ3n) is 30.7. The summed E-state index contributed by atoms with van der Waals surface area (Å²) >= 11 is 18.2. The topological polar surface area (TPSA) is 317 Å². The average Bonchev–Trinajstić information content (AvgIpc) is 0.773. The number of carboxylic acid groups (broad SMARTS) is 1. The fourth-order valence-corrected chi connectivity index (χ4v) is 23.9. The summed E-state index contributed by atoms with van der Waals surface area (Å²) < 4.78 is 16.5. The van der Waals surface area contributed by atoms with Gasteiger partial charge in [-0.3, -0.25) is 33.6 Å². The number of fused-ring (bicyclic) bond motifs is 2. The first-order chi connectivity index (χ1) is 67.6. The van der Waals surface area contributed by atoms with Gasteiger partial charge < -0.3 is 71.0 Å². The van der Waals surface area contributed by atoms with Gasteiger partial charge >= 0.3 is 12.1 Å². The first-order valence-corrected chi connectivity index (χ1v) is 54.7. The van der Waals surface area contributed by atoms with E-state index in [2.05, 4.69) is 142 Å². The number of halogens is 4. The number of piperidine rings is 4. The number of Topliss-reactive ketones (excluding diaryl/α,β-unsaturated/α-hetero) is 1. The standard InChI is InChI=1S/C36H45ClN2O4.C30H48ClN3O3.C25H40ClN3O.C16H30N2O.C10H6O4.2CH4.ClH/c1-35(2,3)38-34(42)36(27-9-5-4-6-10-27)17-19-39(20-18-36)24-26(21-25-13-15-28(37)16-14-25)22-31(41)33-23-30(40)29-11-7-8-12-32(29)43-33;1-28(2,3)33-26(35)30(23-10-8-7-9-11-23)16-18-34(19-17-30)21-25(32-27(36)37-29(4,5)6)20-22-12-14-24(31)15-13-22;1-24(2,3)28-23(30)25(20-7-5-4-6-8-20)13-15-29(16-14-25)18-22(27)17-19-9-11-21(26)12-10-19;1-15(2,3)18-14(19)16(9-11-17-12-10-16)13-7-5-4-6-8-13;11-7-5-9(10(12)13)14-8-4-2-1-3-6(7)8;;;/h7-8,11-16,23,26-27H,4-6,9-10,17-22,24H2,1-3H3,(H,38,42);12-15,23,25H,7-11,16-21H2,1-6H3,(H,32,36)(H,33,35);9-12,20,22H,4-8,13-18,27H2,1-3H3,(H,28,30);13,17H,4-12H2,1-3H3,(H,18,19);1-5H,(H,12,13);2*1H4;1H/t26-;25-;22-;;;;;/m100...../s1. The normalized spacial score (nSPS) is 19.4. The summed E-state index contributed by atoms with van der Waals surface area (Å²) in [6.45, 7) is 40.1. The van der Waals surface area contributed by atoms with E-state index < -0.39 is 17.7 Å². The maximum atomic E-state index is 13.8. The van der Waals surface area contributed by atoms with E-state index in [1.165, 1.54) is 114 Å². The van der Waals surface area contributed by atoms with Crippen molar-refractivity contribution >= 4 is 111 Å². The minimum atomic E-state index is -1.24. The van der Waals surface area contributed by atoms with Crippen molar-refractivity contribution in [3.8, 4) is 0 Å². The van der Waals surface area contributed by atoms with Gasteiger partial charge in [0.05, 0.1) is 32.4 Å². The van der Waals surface area contributed by atoms with Crippen LogP contribution in [0.2, 0.25) is 15.1 Å². The van der Waals surface area contributed by atoms with Gasteiger partial charge in [-0.25, -0.2) is 9.59 Å². The van der Waals surface area contributed by atoms with E-state index >= 15 is 0 Å². The molecule has 27 heteroatoms. The molecular formula is C119H178Cl4N10O13. The zero-order chi connectivity index (χ0) is 104. The molecule has 4 aliphatic carbocycles. The zero-order valence-corrected chi connectivity index (χ0v) is 92.0. The Labute approximate surface area is 893 Å². The molecule has 0 spiro atoms. The van der Waals surface area contributed by atoms with E-state index in [0.29, 0.717) is 75.4 Å². The van der Waals surface area contributed by atoms with Crippen molar-refractivity contribution < 1.29 is 52.2 Å². The van der Waals surface area contributed by atoms with Gasteiger partial charge in [-0.05, 0) is 385 Å². The first-order valence-electron chi connectivity index (χ1n) is 53.6. The second kappa shape index (κ2) is 55.7. The summed E-state index contributed by atoms with van der Waals surface area (Å²) in [6, 6.07) is 39.4. The Bertz CT molecular complexity index is 5390. The molecule has 7 aromatic rings. The number of rotatable bonds is 25. The van der Waals surface area contributed by atoms with Crippen LogP contribution in [-0.4, -0.2) is 173 Å². The molecule has 0 bridgehead atoms. The zero-order valence-electron chi connectivity index (χ0n) is 89.0. The van der Waals surface area contributed by atoms with Crippen LogP contribution in [0.1, 0.15) is 343 Å². The van der Waals surface area contributed by atoms with E-state index in [-0.39, 0.29) is 147 Å². The molecule has 810 valence electrons. The van der Waals surface area contributed by atoms with Crippen LogP contribution in [0.5, 0.6) is 0 Å². The average molecular weight is 2100 g/mol. The summed E-state index contributed by atoms with van der Waals surface area (Å²) in [5.41, 5.74) is 7.80. The largest absolute Gasteiger partial charge is 0.475 e. The summed E-state index contributed by atoms with van der Waals surface area (Å²) in [7, 11) is 0. The highest BCUT2D eigenvalue weighted by molar-refractivity contribution is 6.31. The number of hydrogen-bond acceptors (Lipinski definition) is 17. The third-order valence-corrected chi connectivity index (χ3v) is 31.5. The van der Waals surface area contributed by atoms with Gasteiger partial charge in [0.1, 0.15) is 16.8 Å². The molecule has 9 N–H and O–H groups in total. The lowest BCUT2D eigenvalue weighted by Gasteiger charge is -2.48. The number of ketones is 1. The number of para-hydroxylation sites is 2. The van der Waals surface area contributed by atoms with Gasteiger partial charge in [0.15, 0.2) is 22.4 Å². The summed E-state index contributed by atoms with van der Waals surface area (Å²) in [4.78, 5) is 122. The molecule has 8 fully saturated rings. The lowest BCUT2D eigenvalue weighted by Crippen LogP contribution is -2.57. The van der Waals surface area contributed by atoms with Crippen molar-refractivity contribution in [1.82, 2.24) is 46.6 Å². The molecule has 4 saturated carbocycles. The monoisotopic (exact) mass is 2100 g/mol. The molecule has 2 aromatic heterocycles.